The fourth-order valence-electron chi connectivity index (χ4n) is 2.55. The lowest BCUT2D eigenvalue weighted by Gasteiger charge is -2.32. The second-order valence-electron chi connectivity index (χ2n) is 5.65. The second-order valence-corrected chi connectivity index (χ2v) is 5.65. The van der Waals surface area contributed by atoms with Crippen molar-refractivity contribution in [2.24, 2.45) is 0 Å². The zero-order chi connectivity index (χ0) is 13.6. The normalized spacial score (nSPS) is 20.1. The van der Waals surface area contributed by atoms with Crippen LogP contribution < -0.4 is 5.32 Å². The van der Waals surface area contributed by atoms with Gasteiger partial charge in [-0.3, -0.25) is 10.1 Å². The molecule has 1 atom stereocenters. The summed E-state index contributed by atoms with van der Waals surface area (Å²) in [5, 5.41) is 3.36. The van der Waals surface area contributed by atoms with Gasteiger partial charge in [-0.05, 0) is 60.0 Å². The molecule has 1 aliphatic rings. The molecule has 18 heavy (non-hydrogen) atoms. The van der Waals surface area contributed by atoms with Crippen LogP contribution in [0.5, 0.6) is 0 Å². The van der Waals surface area contributed by atoms with Gasteiger partial charge < -0.3 is 9.64 Å². The number of carbonyl (C=O) groups is 1. The van der Waals surface area contributed by atoms with Gasteiger partial charge in [-0.2, -0.15) is 0 Å². The lowest BCUT2D eigenvalue weighted by Crippen LogP contribution is -2.54. The van der Waals surface area contributed by atoms with Crippen molar-refractivity contribution in [1.29, 1.82) is 0 Å². The number of nitrogens with one attached hydrogen (secondary N) is 1. The van der Waals surface area contributed by atoms with Crippen LogP contribution in [0, 0.1) is 0 Å². The Hall–Kier alpha value is -0.610. The molecule has 4 heteroatoms. The van der Waals surface area contributed by atoms with Gasteiger partial charge in [0.05, 0.1) is 6.61 Å². The van der Waals surface area contributed by atoms with Crippen LogP contribution in [0.2, 0.25) is 0 Å². The van der Waals surface area contributed by atoms with Gasteiger partial charge in [0.1, 0.15) is 5.54 Å². The van der Waals surface area contributed by atoms with Crippen molar-refractivity contribution in [3.8, 4) is 0 Å². The number of carbonyl (C=O) groups excluding carboxylic acids is 1. The van der Waals surface area contributed by atoms with Crippen molar-refractivity contribution in [1.82, 2.24) is 10.2 Å². The molecule has 4 nitrogen and oxygen atoms in total. The summed E-state index contributed by atoms with van der Waals surface area (Å²) in [6, 6.07) is 0.276. The number of esters is 1. The van der Waals surface area contributed by atoms with Gasteiger partial charge in [0.25, 0.3) is 0 Å². The van der Waals surface area contributed by atoms with Crippen molar-refractivity contribution < 1.29 is 9.53 Å². The predicted octanol–water partition coefficient (Wildman–Crippen LogP) is 1.79. The van der Waals surface area contributed by atoms with Gasteiger partial charge in [-0.1, -0.05) is 0 Å². The topological polar surface area (TPSA) is 41.6 Å². The SMILES string of the molecule is CCOC(=O)C(C)(CCN1CCCC1)NC(C)C. The summed E-state index contributed by atoms with van der Waals surface area (Å²) in [5.41, 5.74) is -0.563. The molecular formula is C14H28N2O2. The van der Waals surface area contributed by atoms with E-state index < -0.39 is 5.54 Å². The average molecular weight is 256 g/mol. The summed E-state index contributed by atoms with van der Waals surface area (Å²) in [7, 11) is 0. The van der Waals surface area contributed by atoms with Crippen LogP contribution in [0.3, 0.4) is 0 Å². The molecule has 1 N–H and O–H groups in total. The maximum absolute atomic E-state index is 12.1. The average Bonchev–Trinajstić information content (AvgIpc) is 2.78. The first-order chi connectivity index (χ1) is 8.48. The van der Waals surface area contributed by atoms with E-state index in [1.807, 2.05) is 13.8 Å². The first-order valence-electron chi connectivity index (χ1n) is 7.15. The Morgan fingerprint density at radius 1 is 1.39 bits per heavy atom. The molecule has 0 aliphatic carbocycles. The van der Waals surface area contributed by atoms with E-state index >= 15 is 0 Å². The number of rotatable bonds is 7. The molecule has 0 spiro atoms. The van der Waals surface area contributed by atoms with Gasteiger partial charge >= 0.3 is 5.97 Å². The number of hydrogen-bond acceptors (Lipinski definition) is 4. The molecule has 1 rings (SSSR count). The maximum Gasteiger partial charge on any atom is 0.326 e. The molecule has 0 aromatic heterocycles. The van der Waals surface area contributed by atoms with Crippen LogP contribution in [-0.4, -0.2) is 48.7 Å². The van der Waals surface area contributed by atoms with Crippen molar-refractivity contribution >= 4 is 5.97 Å². The number of ether oxygens (including phenoxy) is 1. The Morgan fingerprint density at radius 3 is 2.50 bits per heavy atom. The third kappa shape index (κ3) is 4.58. The van der Waals surface area contributed by atoms with E-state index in [4.69, 9.17) is 4.74 Å². The second kappa shape index (κ2) is 7.10. The smallest absolute Gasteiger partial charge is 0.326 e. The Morgan fingerprint density at radius 2 is 2.00 bits per heavy atom. The van der Waals surface area contributed by atoms with Crippen molar-refractivity contribution in [2.75, 3.05) is 26.2 Å². The van der Waals surface area contributed by atoms with E-state index in [-0.39, 0.29) is 12.0 Å². The summed E-state index contributed by atoms with van der Waals surface area (Å²) >= 11 is 0. The minimum absolute atomic E-state index is 0.127. The molecule has 0 saturated carbocycles. The number of hydrogen-bond donors (Lipinski definition) is 1. The Bertz CT molecular complexity index is 263. The van der Waals surface area contributed by atoms with Gasteiger partial charge in [0.15, 0.2) is 0 Å². The standard InChI is InChI=1S/C14H28N2O2/c1-5-18-13(17)14(4,15-12(2)3)8-11-16-9-6-7-10-16/h12,15H,5-11H2,1-4H3. The van der Waals surface area contributed by atoms with Gasteiger partial charge in [-0.15, -0.1) is 0 Å². The van der Waals surface area contributed by atoms with Crippen LogP contribution in [-0.2, 0) is 9.53 Å². The molecule has 1 aliphatic heterocycles. The number of likely N-dealkylation sites (tertiary alicyclic amines) is 1. The van der Waals surface area contributed by atoms with E-state index in [0.29, 0.717) is 6.61 Å². The highest BCUT2D eigenvalue weighted by Gasteiger charge is 2.35. The summed E-state index contributed by atoms with van der Waals surface area (Å²) in [4.78, 5) is 14.5. The molecule has 0 aromatic carbocycles. The van der Waals surface area contributed by atoms with Gasteiger partial charge in [0.2, 0.25) is 0 Å². The van der Waals surface area contributed by atoms with Crippen molar-refractivity contribution in [2.45, 2.75) is 58.5 Å². The van der Waals surface area contributed by atoms with E-state index in [2.05, 4.69) is 24.1 Å². The summed E-state index contributed by atoms with van der Waals surface area (Å²) in [6.45, 7) is 11.7. The highest BCUT2D eigenvalue weighted by atomic mass is 16.5. The Labute approximate surface area is 111 Å². The molecular weight excluding hydrogens is 228 g/mol. The number of nitrogens with zero attached hydrogens (tertiary/aromatic N) is 1. The zero-order valence-electron chi connectivity index (χ0n) is 12.3. The van der Waals surface area contributed by atoms with Crippen LogP contribution in [0.4, 0.5) is 0 Å². The quantitative estimate of drug-likeness (QED) is 0.705. The first-order valence-corrected chi connectivity index (χ1v) is 7.15. The van der Waals surface area contributed by atoms with Crippen molar-refractivity contribution in [3.05, 3.63) is 0 Å². The fraction of sp³-hybridized carbons (Fsp3) is 0.929. The monoisotopic (exact) mass is 256 g/mol. The Kier molecular flexibility index (Phi) is 6.09. The van der Waals surface area contributed by atoms with E-state index in [0.717, 1.165) is 13.0 Å². The van der Waals surface area contributed by atoms with Crippen LogP contribution in [0.15, 0.2) is 0 Å². The summed E-state index contributed by atoms with van der Waals surface area (Å²) in [5.74, 6) is -0.127. The Balaban J connectivity index is 2.54. The minimum Gasteiger partial charge on any atom is -0.465 e. The summed E-state index contributed by atoms with van der Waals surface area (Å²) in [6.07, 6.45) is 3.38. The first kappa shape index (κ1) is 15.4. The van der Waals surface area contributed by atoms with Crippen LogP contribution in [0.25, 0.3) is 0 Å². The van der Waals surface area contributed by atoms with Gasteiger partial charge in [-0.25, -0.2) is 0 Å². The molecule has 0 radical (unpaired) electrons. The van der Waals surface area contributed by atoms with E-state index in [1.165, 1.54) is 25.9 Å². The molecule has 0 aromatic rings. The lowest BCUT2D eigenvalue weighted by atomic mass is 9.96. The van der Waals surface area contributed by atoms with Crippen LogP contribution >= 0.6 is 0 Å². The highest BCUT2D eigenvalue weighted by Crippen LogP contribution is 2.17. The van der Waals surface area contributed by atoms with E-state index in [1.54, 1.807) is 0 Å². The predicted molar refractivity (Wildman–Crippen MR) is 73.6 cm³/mol. The van der Waals surface area contributed by atoms with Crippen molar-refractivity contribution in [3.63, 3.8) is 0 Å². The third-order valence-electron chi connectivity index (χ3n) is 3.46. The van der Waals surface area contributed by atoms with Gasteiger partial charge in [0, 0.05) is 12.6 Å². The summed E-state index contributed by atoms with van der Waals surface area (Å²) < 4.78 is 5.20. The maximum atomic E-state index is 12.1. The molecule has 0 bridgehead atoms. The molecule has 1 fully saturated rings. The highest BCUT2D eigenvalue weighted by molar-refractivity contribution is 5.80. The molecule has 0 amide bonds. The molecule has 106 valence electrons. The molecule has 1 heterocycles. The van der Waals surface area contributed by atoms with Crippen LogP contribution in [0.1, 0.15) is 47.0 Å². The lowest BCUT2D eigenvalue weighted by molar-refractivity contribution is -0.151. The fourth-order valence-corrected chi connectivity index (χ4v) is 2.55. The zero-order valence-corrected chi connectivity index (χ0v) is 12.3. The van der Waals surface area contributed by atoms with E-state index in [9.17, 15) is 4.79 Å². The molecule has 1 saturated heterocycles. The third-order valence-corrected chi connectivity index (χ3v) is 3.46. The largest absolute Gasteiger partial charge is 0.465 e. The molecule has 1 unspecified atom stereocenters. The minimum atomic E-state index is -0.563.